The third-order valence-electron chi connectivity index (χ3n) is 2.37. The normalized spacial score (nSPS) is 18.4. The van der Waals surface area contributed by atoms with E-state index in [1.54, 1.807) is 4.90 Å². The maximum atomic E-state index is 11.7. The molecule has 0 N–H and O–H groups in total. The first-order valence-electron chi connectivity index (χ1n) is 4.80. The van der Waals surface area contributed by atoms with E-state index in [2.05, 4.69) is 0 Å². The molecular weight excluding hydrogens is 202 g/mol. The molecule has 4 nitrogen and oxygen atoms in total. The van der Waals surface area contributed by atoms with E-state index in [0.717, 1.165) is 0 Å². The van der Waals surface area contributed by atoms with Gasteiger partial charge in [0.2, 0.25) is 5.91 Å². The van der Waals surface area contributed by atoms with Gasteiger partial charge in [0.1, 0.15) is 0 Å². The van der Waals surface area contributed by atoms with Crippen LogP contribution in [0.2, 0.25) is 0 Å². The van der Waals surface area contributed by atoms with Crippen LogP contribution in [-0.4, -0.2) is 43.3 Å². The summed E-state index contributed by atoms with van der Waals surface area (Å²) in [6.07, 6.45) is 0. The highest BCUT2D eigenvalue weighted by Crippen LogP contribution is 2.18. The Morgan fingerprint density at radius 1 is 1.43 bits per heavy atom. The standard InChI is InChI=1S/C9H17NO3S/c1-7(2)6-14(12,13)9-4-10(5-9)8(3)11/h7,9H,4-6H2,1-3H3. The van der Waals surface area contributed by atoms with Crippen molar-refractivity contribution in [2.75, 3.05) is 18.8 Å². The Balaban J connectivity index is 2.50. The Morgan fingerprint density at radius 2 is 1.93 bits per heavy atom. The summed E-state index contributed by atoms with van der Waals surface area (Å²) in [4.78, 5) is 12.4. The molecule has 1 rings (SSSR count). The molecule has 1 heterocycles. The average Bonchev–Trinajstić information content (AvgIpc) is 1.75. The van der Waals surface area contributed by atoms with E-state index in [-0.39, 0.29) is 22.8 Å². The summed E-state index contributed by atoms with van der Waals surface area (Å²) in [5.41, 5.74) is 0. The molecule has 0 aromatic rings. The molecule has 0 aromatic heterocycles. The Kier molecular flexibility index (Phi) is 3.19. The number of hydrogen-bond donors (Lipinski definition) is 0. The number of rotatable bonds is 3. The van der Waals surface area contributed by atoms with Crippen LogP contribution < -0.4 is 0 Å². The van der Waals surface area contributed by atoms with E-state index in [1.165, 1.54) is 6.92 Å². The first kappa shape index (κ1) is 11.5. The Bertz CT molecular complexity index is 315. The lowest BCUT2D eigenvalue weighted by molar-refractivity contribution is -0.131. The second kappa shape index (κ2) is 3.88. The smallest absolute Gasteiger partial charge is 0.219 e. The van der Waals surface area contributed by atoms with Crippen LogP contribution >= 0.6 is 0 Å². The largest absolute Gasteiger partial charge is 0.340 e. The molecule has 0 bridgehead atoms. The zero-order valence-electron chi connectivity index (χ0n) is 8.86. The number of hydrogen-bond acceptors (Lipinski definition) is 3. The van der Waals surface area contributed by atoms with Gasteiger partial charge in [0, 0.05) is 20.0 Å². The average molecular weight is 219 g/mol. The molecule has 0 radical (unpaired) electrons. The molecule has 14 heavy (non-hydrogen) atoms. The number of amides is 1. The van der Waals surface area contributed by atoms with E-state index < -0.39 is 9.84 Å². The monoisotopic (exact) mass is 219 g/mol. The second-order valence-electron chi connectivity index (χ2n) is 4.27. The van der Waals surface area contributed by atoms with E-state index >= 15 is 0 Å². The molecule has 0 aliphatic carbocycles. The third-order valence-corrected chi connectivity index (χ3v) is 4.81. The van der Waals surface area contributed by atoms with Crippen molar-refractivity contribution in [2.24, 2.45) is 5.92 Å². The van der Waals surface area contributed by atoms with Gasteiger partial charge in [-0.25, -0.2) is 8.42 Å². The summed E-state index contributed by atoms with van der Waals surface area (Å²) in [6, 6.07) is 0. The molecule has 0 atom stereocenters. The fraction of sp³-hybridized carbons (Fsp3) is 0.889. The lowest BCUT2D eigenvalue weighted by Crippen LogP contribution is -2.57. The van der Waals surface area contributed by atoms with Crippen LogP contribution in [0.5, 0.6) is 0 Å². The maximum absolute atomic E-state index is 11.7. The molecule has 0 saturated carbocycles. The predicted octanol–water partition coefficient (Wildman–Crippen LogP) is 0.288. The lowest BCUT2D eigenvalue weighted by atomic mass is 10.2. The molecule has 1 aliphatic heterocycles. The van der Waals surface area contributed by atoms with E-state index in [0.29, 0.717) is 13.1 Å². The number of sulfone groups is 1. The van der Waals surface area contributed by atoms with Crippen molar-refractivity contribution in [3.8, 4) is 0 Å². The van der Waals surface area contributed by atoms with Gasteiger partial charge in [-0.15, -0.1) is 0 Å². The van der Waals surface area contributed by atoms with Gasteiger partial charge in [0.15, 0.2) is 9.84 Å². The van der Waals surface area contributed by atoms with Crippen molar-refractivity contribution in [2.45, 2.75) is 26.0 Å². The first-order chi connectivity index (χ1) is 6.33. The minimum absolute atomic E-state index is 0.0407. The van der Waals surface area contributed by atoms with Gasteiger partial charge in [-0.2, -0.15) is 0 Å². The van der Waals surface area contributed by atoms with Gasteiger partial charge < -0.3 is 4.90 Å². The minimum atomic E-state index is -2.98. The highest BCUT2D eigenvalue weighted by molar-refractivity contribution is 7.92. The number of likely N-dealkylation sites (tertiary alicyclic amines) is 1. The molecule has 0 unspecified atom stereocenters. The summed E-state index contributed by atoms with van der Waals surface area (Å²) in [6.45, 7) is 6.00. The van der Waals surface area contributed by atoms with E-state index in [9.17, 15) is 13.2 Å². The SMILES string of the molecule is CC(=O)N1CC(S(=O)(=O)CC(C)C)C1. The molecule has 1 saturated heterocycles. The molecular formula is C9H17NO3S. The Morgan fingerprint density at radius 3 is 2.29 bits per heavy atom. The number of nitrogens with zero attached hydrogens (tertiary/aromatic N) is 1. The van der Waals surface area contributed by atoms with Gasteiger partial charge in [-0.05, 0) is 5.92 Å². The van der Waals surface area contributed by atoms with Gasteiger partial charge in [-0.3, -0.25) is 4.79 Å². The third kappa shape index (κ3) is 2.47. The van der Waals surface area contributed by atoms with Crippen LogP contribution in [0.25, 0.3) is 0 Å². The van der Waals surface area contributed by atoms with Crippen molar-refractivity contribution >= 4 is 15.7 Å². The summed E-state index contributed by atoms with van der Waals surface area (Å²) < 4.78 is 23.3. The first-order valence-corrected chi connectivity index (χ1v) is 6.51. The topological polar surface area (TPSA) is 54.5 Å². The van der Waals surface area contributed by atoms with Crippen molar-refractivity contribution in [1.82, 2.24) is 4.90 Å². The number of carbonyl (C=O) groups excluding carboxylic acids is 1. The van der Waals surface area contributed by atoms with Crippen molar-refractivity contribution in [1.29, 1.82) is 0 Å². The molecule has 5 heteroatoms. The zero-order valence-corrected chi connectivity index (χ0v) is 9.67. The summed E-state index contributed by atoms with van der Waals surface area (Å²) in [7, 11) is -2.98. The fourth-order valence-corrected chi connectivity index (χ4v) is 3.54. The molecule has 82 valence electrons. The van der Waals surface area contributed by atoms with Crippen LogP contribution in [0.3, 0.4) is 0 Å². The fourth-order valence-electron chi connectivity index (χ4n) is 1.52. The molecule has 1 amide bonds. The second-order valence-corrected chi connectivity index (χ2v) is 6.60. The summed E-state index contributed by atoms with van der Waals surface area (Å²) >= 11 is 0. The molecule has 0 spiro atoms. The van der Waals surface area contributed by atoms with Crippen LogP contribution in [0.1, 0.15) is 20.8 Å². The van der Waals surface area contributed by atoms with Crippen molar-refractivity contribution < 1.29 is 13.2 Å². The molecule has 0 aromatic carbocycles. The lowest BCUT2D eigenvalue weighted by Gasteiger charge is -2.38. The predicted molar refractivity (Wildman–Crippen MR) is 54.7 cm³/mol. The van der Waals surface area contributed by atoms with Crippen LogP contribution in [0.4, 0.5) is 0 Å². The minimum Gasteiger partial charge on any atom is -0.340 e. The van der Waals surface area contributed by atoms with Gasteiger partial charge in [-0.1, -0.05) is 13.8 Å². The maximum Gasteiger partial charge on any atom is 0.219 e. The quantitative estimate of drug-likeness (QED) is 0.685. The Labute approximate surface area is 85.2 Å². The highest BCUT2D eigenvalue weighted by Gasteiger charge is 2.38. The summed E-state index contributed by atoms with van der Waals surface area (Å²) in [5, 5.41) is -0.325. The van der Waals surface area contributed by atoms with Crippen LogP contribution in [0.15, 0.2) is 0 Å². The van der Waals surface area contributed by atoms with Gasteiger partial charge in [0.05, 0.1) is 11.0 Å². The van der Waals surface area contributed by atoms with Crippen molar-refractivity contribution in [3.63, 3.8) is 0 Å². The van der Waals surface area contributed by atoms with Gasteiger partial charge in [0.25, 0.3) is 0 Å². The highest BCUT2D eigenvalue weighted by atomic mass is 32.2. The van der Waals surface area contributed by atoms with Crippen LogP contribution in [-0.2, 0) is 14.6 Å². The Hall–Kier alpha value is -0.580. The molecule has 1 aliphatic rings. The van der Waals surface area contributed by atoms with Crippen molar-refractivity contribution in [3.05, 3.63) is 0 Å². The molecule has 1 fully saturated rings. The van der Waals surface area contributed by atoms with E-state index in [4.69, 9.17) is 0 Å². The number of carbonyl (C=O) groups is 1. The summed E-state index contributed by atoms with van der Waals surface area (Å²) in [5.74, 6) is 0.344. The zero-order chi connectivity index (χ0) is 10.9. The van der Waals surface area contributed by atoms with Crippen LogP contribution in [0, 0.1) is 5.92 Å². The van der Waals surface area contributed by atoms with E-state index in [1.807, 2.05) is 13.8 Å². The van der Waals surface area contributed by atoms with Gasteiger partial charge >= 0.3 is 0 Å².